The van der Waals surface area contributed by atoms with Gasteiger partial charge in [0.05, 0.1) is 12.6 Å². The van der Waals surface area contributed by atoms with E-state index in [-0.39, 0.29) is 12.0 Å². The van der Waals surface area contributed by atoms with Crippen molar-refractivity contribution in [3.63, 3.8) is 0 Å². The molecule has 0 aliphatic carbocycles. The summed E-state index contributed by atoms with van der Waals surface area (Å²) in [4.78, 5) is 19.2. The summed E-state index contributed by atoms with van der Waals surface area (Å²) in [5.41, 5.74) is 1.46. The molecule has 0 N–H and O–H groups in total. The Morgan fingerprint density at radius 3 is 2.83 bits per heavy atom. The summed E-state index contributed by atoms with van der Waals surface area (Å²) in [5.74, 6) is 1.09. The van der Waals surface area contributed by atoms with Crippen LogP contribution in [0.25, 0.3) is 0 Å². The van der Waals surface area contributed by atoms with Gasteiger partial charge in [0.25, 0.3) is 0 Å². The maximum atomic E-state index is 13.2. The molecule has 1 aromatic heterocycles. The third-order valence-electron chi connectivity index (χ3n) is 5.77. The van der Waals surface area contributed by atoms with Crippen molar-refractivity contribution in [2.75, 3.05) is 39.9 Å². The predicted molar refractivity (Wildman–Crippen MR) is 91.6 cm³/mol. The Labute approximate surface area is 142 Å². The molecule has 0 bridgehead atoms. The smallest absolute Gasteiger partial charge is 0.226 e. The Hall–Kier alpha value is -0.910. The predicted octanol–water partition coefficient (Wildman–Crippen LogP) is 2.55. The van der Waals surface area contributed by atoms with E-state index in [1.54, 1.807) is 0 Å². The van der Waals surface area contributed by atoms with Crippen molar-refractivity contribution in [2.45, 2.75) is 31.7 Å². The number of amides is 1. The fraction of sp³-hybridized carbons (Fsp3) is 0.722. The van der Waals surface area contributed by atoms with E-state index in [0.29, 0.717) is 11.8 Å². The molecule has 3 aliphatic rings. The molecule has 23 heavy (non-hydrogen) atoms. The molecule has 0 spiro atoms. The van der Waals surface area contributed by atoms with Gasteiger partial charge in [0, 0.05) is 29.9 Å². The molecule has 126 valence electrons. The molecule has 1 aromatic rings. The molecule has 0 saturated carbocycles. The normalized spacial score (nSPS) is 29.7. The zero-order valence-corrected chi connectivity index (χ0v) is 14.7. The number of likely N-dealkylation sites (tertiary alicyclic amines) is 1. The number of thiophene rings is 1. The van der Waals surface area contributed by atoms with Gasteiger partial charge in [-0.25, -0.2) is 0 Å². The summed E-state index contributed by atoms with van der Waals surface area (Å²) in [5, 5.41) is 2.19. The standard InChI is InChI=1S/C18H26N2O2S/c1-19-7-2-14(3-8-19)18(21)20-9-4-13-6-11-23-17(13)16(20)15-5-10-22-12-15/h6,11,14-16H,2-5,7-10,12H2,1H3. The maximum absolute atomic E-state index is 13.2. The molecular weight excluding hydrogens is 308 g/mol. The number of ether oxygens (including phenoxy) is 1. The number of fused-ring (bicyclic) bond motifs is 1. The van der Waals surface area contributed by atoms with Crippen LogP contribution in [-0.2, 0) is 16.0 Å². The van der Waals surface area contributed by atoms with Crippen LogP contribution < -0.4 is 0 Å². The zero-order chi connectivity index (χ0) is 15.8. The van der Waals surface area contributed by atoms with E-state index >= 15 is 0 Å². The van der Waals surface area contributed by atoms with Crippen LogP contribution in [-0.4, -0.2) is 55.6 Å². The molecular formula is C18H26N2O2S. The molecule has 5 heteroatoms. The molecule has 0 aromatic carbocycles. The van der Waals surface area contributed by atoms with E-state index in [9.17, 15) is 4.79 Å². The summed E-state index contributed by atoms with van der Waals surface area (Å²) in [6, 6.07) is 2.51. The van der Waals surface area contributed by atoms with E-state index in [1.807, 2.05) is 11.3 Å². The topological polar surface area (TPSA) is 32.8 Å². The number of hydrogen-bond acceptors (Lipinski definition) is 4. The number of hydrogen-bond donors (Lipinski definition) is 0. The minimum atomic E-state index is 0.220. The van der Waals surface area contributed by atoms with Crippen LogP contribution >= 0.6 is 11.3 Å². The lowest BCUT2D eigenvalue weighted by molar-refractivity contribution is -0.141. The minimum absolute atomic E-state index is 0.220. The van der Waals surface area contributed by atoms with Gasteiger partial charge in [-0.1, -0.05) is 0 Å². The largest absolute Gasteiger partial charge is 0.381 e. The highest BCUT2D eigenvalue weighted by Gasteiger charge is 2.40. The molecule has 2 atom stereocenters. The molecule has 2 fully saturated rings. The molecule has 4 nitrogen and oxygen atoms in total. The van der Waals surface area contributed by atoms with Crippen LogP contribution in [0, 0.1) is 11.8 Å². The molecule has 4 heterocycles. The molecule has 2 saturated heterocycles. The molecule has 2 unspecified atom stereocenters. The summed E-state index contributed by atoms with van der Waals surface area (Å²) in [6.07, 6.45) is 4.12. The van der Waals surface area contributed by atoms with Crippen LogP contribution in [0.5, 0.6) is 0 Å². The summed E-state index contributed by atoms with van der Waals surface area (Å²) < 4.78 is 5.65. The van der Waals surface area contributed by atoms with Crippen LogP contribution in [0.15, 0.2) is 11.4 Å². The van der Waals surface area contributed by atoms with Crippen molar-refractivity contribution in [2.24, 2.45) is 11.8 Å². The van der Waals surface area contributed by atoms with Gasteiger partial charge < -0.3 is 14.5 Å². The summed E-state index contributed by atoms with van der Waals surface area (Å²) in [7, 11) is 2.15. The van der Waals surface area contributed by atoms with Crippen molar-refractivity contribution in [1.29, 1.82) is 0 Å². The zero-order valence-electron chi connectivity index (χ0n) is 13.9. The maximum Gasteiger partial charge on any atom is 0.226 e. The lowest BCUT2D eigenvalue weighted by Gasteiger charge is -2.41. The van der Waals surface area contributed by atoms with E-state index < -0.39 is 0 Å². The lowest BCUT2D eigenvalue weighted by atomic mass is 9.87. The summed E-state index contributed by atoms with van der Waals surface area (Å²) >= 11 is 1.83. The average Bonchev–Trinajstić information content (AvgIpc) is 3.25. The fourth-order valence-electron chi connectivity index (χ4n) is 4.34. The number of carbonyl (C=O) groups is 1. The highest BCUT2D eigenvalue weighted by molar-refractivity contribution is 7.10. The van der Waals surface area contributed by atoms with E-state index in [2.05, 4.69) is 28.3 Å². The first kappa shape index (κ1) is 15.6. The van der Waals surface area contributed by atoms with Crippen molar-refractivity contribution < 1.29 is 9.53 Å². The second-order valence-corrected chi connectivity index (χ2v) is 8.19. The quantitative estimate of drug-likeness (QED) is 0.833. The Kier molecular flexibility index (Phi) is 4.43. The Balaban J connectivity index is 1.57. The van der Waals surface area contributed by atoms with E-state index in [1.165, 1.54) is 10.4 Å². The number of piperidine rings is 1. The Morgan fingerprint density at radius 1 is 1.26 bits per heavy atom. The van der Waals surface area contributed by atoms with Gasteiger partial charge in [-0.3, -0.25) is 4.79 Å². The van der Waals surface area contributed by atoms with Gasteiger partial charge in [-0.15, -0.1) is 11.3 Å². The minimum Gasteiger partial charge on any atom is -0.381 e. The third kappa shape index (κ3) is 2.94. The molecule has 3 aliphatic heterocycles. The van der Waals surface area contributed by atoms with Crippen molar-refractivity contribution in [3.05, 3.63) is 21.9 Å². The van der Waals surface area contributed by atoms with Crippen molar-refractivity contribution in [3.8, 4) is 0 Å². The van der Waals surface area contributed by atoms with E-state index in [4.69, 9.17) is 4.74 Å². The fourth-order valence-corrected chi connectivity index (χ4v) is 5.50. The first-order valence-corrected chi connectivity index (χ1v) is 9.75. The van der Waals surface area contributed by atoms with Crippen LogP contribution in [0.4, 0.5) is 0 Å². The SMILES string of the molecule is CN1CCC(C(=O)N2CCc3ccsc3C2C2CCOC2)CC1. The molecule has 1 amide bonds. The monoisotopic (exact) mass is 334 g/mol. The molecule has 4 rings (SSSR count). The molecule has 0 radical (unpaired) electrons. The summed E-state index contributed by atoms with van der Waals surface area (Å²) in [6.45, 7) is 4.63. The van der Waals surface area contributed by atoms with Crippen LogP contribution in [0.1, 0.15) is 35.7 Å². The second kappa shape index (κ2) is 6.54. The second-order valence-electron chi connectivity index (χ2n) is 7.24. The highest BCUT2D eigenvalue weighted by atomic mass is 32.1. The highest BCUT2D eigenvalue weighted by Crippen LogP contribution is 2.42. The van der Waals surface area contributed by atoms with Crippen molar-refractivity contribution >= 4 is 17.2 Å². The van der Waals surface area contributed by atoms with Gasteiger partial charge >= 0.3 is 0 Å². The average molecular weight is 334 g/mol. The van der Waals surface area contributed by atoms with Gasteiger partial charge in [-0.2, -0.15) is 0 Å². The Bertz CT molecular complexity index is 559. The van der Waals surface area contributed by atoms with Gasteiger partial charge in [0.2, 0.25) is 5.91 Å². The number of rotatable bonds is 2. The van der Waals surface area contributed by atoms with E-state index in [0.717, 1.165) is 58.5 Å². The van der Waals surface area contributed by atoms with Crippen molar-refractivity contribution in [1.82, 2.24) is 9.80 Å². The number of nitrogens with zero attached hydrogens (tertiary/aromatic N) is 2. The lowest BCUT2D eigenvalue weighted by Crippen LogP contribution is -2.47. The Morgan fingerprint density at radius 2 is 2.09 bits per heavy atom. The number of carbonyl (C=O) groups excluding carboxylic acids is 1. The van der Waals surface area contributed by atoms with Gasteiger partial charge in [0.15, 0.2) is 0 Å². The van der Waals surface area contributed by atoms with Crippen LogP contribution in [0.2, 0.25) is 0 Å². The first-order valence-electron chi connectivity index (χ1n) is 8.87. The van der Waals surface area contributed by atoms with Crippen LogP contribution in [0.3, 0.4) is 0 Å². The van der Waals surface area contributed by atoms with Gasteiger partial charge in [-0.05, 0) is 62.8 Å². The first-order chi connectivity index (χ1) is 11.2. The third-order valence-corrected chi connectivity index (χ3v) is 6.80. The van der Waals surface area contributed by atoms with Gasteiger partial charge in [0.1, 0.15) is 0 Å².